The summed E-state index contributed by atoms with van der Waals surface area (Å²) in [5.74, 6) is -1.14. The van der Waals surface area contributed by atoms with E-state index >= 15 is 0 Å². The van der Waals surface area contributed by atoms with Gasteiger partial charge in [0.25, 0.3) is 11.6 Å². The van der Waals surface area contributed by atoms with Gasteiger partial charge in [-0.25, -0.2) is 0 Å². The Morgan fingerprint density at radius 2 is 1.76 bits per heavy atom. The van der Waals surface area contributed by atoms with Gasteiger partial charge in [0.05, 0.1) is 17.4 Å². The van der Waals surface area contributed by atoms with E-state index < -0.39 is 23.4 Å². The highest BCUT2D eigenvalue weighted by Crippen LogP contribution is 2.18. The Labute approximate surface area is 144 Å². The topological polar surface area (TPSA) is 98.5 Å². The van der Waals surface area contributed by atoms with Gasteiger partial charge in [0.1, 0.15) is 0 Å². The number of amides is 1. The van der Waals surface area contributed by atoms with Crippen molar-refractivity contribution in [1.29, 1.82) is 0 Å². The summed E-state index contributed by atoms with van der Waals surface area (Å²) in [5, 5.41) is 13.6. The molecule has 0 unspecified atom stereocenters. The SMILES string of the molecule is C[C@H](NC(=O)COC(=O)Cc1ccccc1[N+](=O)[O-])c1ccccc1. The summed E-state index contributed by atoms with van der Waals surface area (Å²) in [6, 6.07) is 15.1. The van der Waals surface area contributed by atoms with Crippen molar-refractivity contribution in [3.8, 4) is 0 Å². The van der Waals surface area contributed by atoms with Crippen LogP contribution in [0.2, 0.25) is 0 Å². The Morgan fingerprint density at radius 3 is 2.44 bits per heavy atom. The molecule has 0 fully saturated rings. The number of carbonyl (C=O) groups excluding carboxylic acids is 2. The Kier molecular flexibility index (Phi) is 6.22. The van der Waals surface area contributed by atoms with Crippen LogP contribution in [0.1, 0.15) is 24.1 Å². The van der Waals surface area contributed by atoms with Crippen LogP contribution >= 0.6 is 0 Å². The number of nitrogens with one attached hydrogen (secondary N) is 1. The number of hydrogen-bond acceptors (Lipinski definition) is 5. The van der Waals surface area contributed by atoms with E-state index in [4.69, 9.17) is 4.74 Å². The highest BCUT2D eigenvalue weighted by atomic mass is 16.6. The molecule has 7 nitrogen and oxygen atoms in total. The van der Waals surface area contributed by atoms with Gasteiger partial charge in [0.15, 0.2) is 6.61 Å². The molecular weight excluding hydrogens is 324 g/mol. The molecule has 0 aliphatic rings. The molecule has 0 aliphatic heterocycles. The van der Waals surface area contributed by atoms with Crippen LogP contribution in [0.3, 0.4) is 0 Å². The average Bonchev–Trinajstić information content (AvgIpc) is 2.61. The molecule has 0 aliphatic carbocycles. The lowest BCUT2D eigenvalue weighted by molar-refractivity contribution is -0.385. The zero-order valence-electron chi connectivity index (χ0n) is 13.7. The maximum Gasteiger partial charge on any atom is 0.311 e. The zero-order valence-corrected chi connectivity index (χ0v) is 13.7. The standard InChI is InChI=1S/C18H18N2O5/c1-13(14-7-3-2-4-8-14)19-17(21)12-25-18(22)11-15-9-5-6-10-16(15)20(23)24/h2-10,13H,11-12H2,1H3,(H,19,21)/t13-/m0/s1. The number of nitro groups is 1. The highest BCUT2D eigenvalue weighted by molar-refractivity contribution is 5.81. The molecule has 25 heavy (non-hydrogen) atoms. The number of hydrogen-bond donors (Lipinski definition) is 1. The predicted octanol–water partition coefficient (Wildman–Crippen LogP) is 2.56. The average molecular weight is 342 g/mol. The van der Waals surface area contributed by atoms with E-state index in [0.29, 0.717) is 0 Å². The van der Waals surface area contributed by atoms with Crippen LogP contribution in [0.15, 0.2) is 54.6 Å². The largest absolute Gasteiger partial charge is 0.455 e. The Bertz CT molecular complexity index is 761. The lowest BCUT2D eigenvalue weighted by atomic mass is 10.1. The molecule has 130 valence electrons. The molecule has 0 heterocycles. The van der Waals surface area contributed by atoms with Crippen molar-refractivity contribution in [2.75, 3.05) is 6.61 Å². The Balaban J connectivity index is 1.84. The first-order chi connectivity index (χ1) is 12.0. The summed E-state index contributed by atoms with van der Waals surface area (Å²) < 4.78 is 4.91. The molecule has 1 atom stereocenters. The van der Waals surface area contributed by atoms with E-state index in [0.717, 1.165) is 5.56 Å². The van der Waals surface area contributed by atoms with E-state index in [-0.39, 0.29) is 23.7 Å². The lowest BCUT2D eigenvalue weighted by Crippen LogP contribution is -2.31. The molecule has 1 N–H and O–H groups in total. The normalized spacial score (nSPS) is 11.4. The first-order valence-corrected chi connectivity index (χ1v) is 7.69. The smallest absolute Gasteiger partial charge is 0.311 e. The van der Waals surface area contributed by atoms with Crippen molar-refractivity contribution in [3.63, 3.8) is 0 Å². The first-order valence-electron chi connectivity index (χ1n) is 7.69. The maximum absolute atomic E-state index is 11.9. The van der Waals surface area contributed by atoms with Crippen molar-refractivity contribution in [3.05, 3.63) is 75.8 Å². The third-order valence-electron chi connectivity index (χ3n) is 3.56. The van der Waals surface area contributed by atoms with Crippen LogP contribution in [0, 0.1) is 10.1 Å². The molecule has 0 saturated heterocycles. The molecule has 0 bridgehead atoms. The molecule has 0 radical (unpaired) electrons. The second-order valence-electron chi connectivity index (χ2n) is 5.42. The van der Waals surface area contributed by atoms with Crippen molar-refractivity contribution >= 4 is 17.6 Å². The fourth-order valence-corrected chi connectivity index (χ4v) is 2.30. The van der Waals surface area contributed by atoms with Crippen LogP contribution in [-0.4, -0.2) is 23.4 Å². The van der Waals surface area contributed by atoms with Crippen molar-refractivity contribution in [2.24, 2.45) is 0 Å². The molecule has 0 saturated carbocycles. The number of nitro benzene ring substituents is 1. The van der Waals surface area contributed by atoms with Crippen molar-refractivity contribution in [2.45, 2.75) is 19.4 Å². The fraction of sp³-hybridized carbons (Fsp3) is 0.222. The van der Waals surface area contributed by atoms with Crippen LogP contribution in [0.25, 0.3) is 0 Å². The van der Waals surface area contributed by atoms with Gasteiger partial charge < -0.3 is 10.1 Å². The monoisotopic (exact) mass is 342 g/mol. The Morgan fingerprint density at radius 1 is 1.12 bits per heavy atom. The van der Waals surface area contributed by atoms with Gasteiger partial charge in [-0.2, -0.15) is 0 Å². The van der Waals surface area contributed by atoms with E-state index in [1.54, 1.807) is 6.07 Å². The summed E-state index contributed by atoms with van der Waals surface area (Å²) >= 11 is 0. The predicted molar refractivity (Wildman–Crippen MR) is 90.8 cm³/mol. The van der Waals surface area contributed by atoms with Gasteiger partial charge in [0, 0.05) is 11.6 Å². The molecule has 2 rings (SSSR count). The first kappa shape index (κ1) is 18.1. The van der Waals surface area contributed by atoms with E-state index in [1.807, 2.05) is 37.3 Å². The van der Waals surface area contributed by atoms with Crippen LogP contribution < -0.4 is 5.32 Å². The van der Waals surface area contributed by atoms with E-state index in [2.05, 4.69) is 5.32 Å². The highest BCUT2D eigenvalue weighted by Gasteiger charge is 2.17. The van der Waals surface area contributed by atoms with Crippen LogP contribution in [0.5, 0.6) is 0 Å². The number of carbonyl (C=O) groups is 2. The van der Waals surface area contributed by atoms with Gasteiger partial charge in [-0.15, -0.1) is 0 Å². The van der Waals surface area contributed by atoms with Crippen molar-refractivity contribution < 1.29 is 19.2 Å². The molecule has 0 spiro atoms. The summed E-state index contributed by atoms with van der Waals surface area (Å²) in [7, 11) is 0. The third kappa shape index (κ3) is 5.42. The van der Waals surface area contributed by atoms with Gasteiger partial charge in [-0.05, 0) is 12.5 Å². The third-order valence-corrected chi connectivity index (χ3v) is 3.56. The van der Waals surface area contributed by atoms with Crippen LogP contribution in [-0.2, 0) is 20.7 Å². The fourth-order valence-electron chi connectivity index (χ4n) is 2.30. The number of nitrogens with zero attached hydrogens (tertiary/aromatic N) is 1. The molecule has 2 aromatic rings. The second-order valence-corrected chi connectivity index (χ2v) is 5.42. The van der Waals surface area contributed by atoms with Gasteiger partial charge in [-0.3, -0.25) is 19.7 Å². The number of rotatable bonds is 7. The Hall–Kier alpha value is -3.22. The molecular formula is C18H18N2O5. The summed E-state index contributed by atoms with van der Waals surface area (Å²) in [6.45, 7) is 1.39. The number of benzene rings is 2. The van der Waals surface area contributed by atoms with Crippen LogP contribution in [0.4, 0.5) is 5.69 Å². The van der Waals surface area contributed by atoms with Gasteiger partial charge >= 0.3 is 5.97 Å². The lowest BCUT2D eigenvalue weighted by Gasteiger charge is -2.14. The molecule has 7 heteroatoms. The number of ether oxygens (including phenoxy) is 1. The van der Waals surface area contributed by atoms with E-state index in [9.17, 15) is 19.7 Å². The number of para-hydroxylation sites is 1. The second kappa shape index (κ2) is 8.58. The quantitative estimate of drug-likeness (QED) is 0.474. The van der Waals surface area contributed by atoms with Gasteiger partial charge in [0.2, 0.25) is 0 Å². The minimum Gasteiger partial charge on any atom is -0.455 e. The molecule has 2 aromatic carbocycles. The minimum absolute atomic E-state index is 0.151. The van der Waals surface area contributed by atoms with Crippen molar-refractivity contribution in [1.82, 2.24) is 5.32 Å². The summed E-state index contributed by atoms with van der Waals surface area (Å²) in [6.07, 6.45) is -0.265. The summed E-state index contributed by atoms with van der Waals surface area (Å²) in [5.41, 5.74) is 1.03. The molecule has 0 aromatic heterocycles. The van der Waals surface area contributed by atoms with E-state index in [1.165, 1.54) is 18.2 Å². The minimum atomic E-state index is -0.697. The summed E-state index contributed by atoms with van der Waals surface area (Å²) in [4.78, 5) is 34.0. The number of esters is 1. The molecule has 1 amide bonds. The zero-order chi connectivity index (χ0) is 18.2. The van der Waals surface area contributed by atoms with Gasteiger partial charge in [-0.1, -0.05) is 48.5 Å². The maximum atomic E-state index is 11.9.